The highest BCUT2D eigenvalue weighted by atomic mass is 79.9. The average molecular weight is 284 g/mol. The zero-order chi connectivity index (χ0) is 11.4. The lowest BCUT2D eigenvalue weighted by atomic mass is 10.00. The molecule has 0 aliphatic carbocycles. The maximum absolute atomic E-state index is 5.82. The summed E-state index contributed by atoms with van der Waals surface area (Å²) in [7, 11) is 2.19. The lowest BCUT2D eigenvalue weighted by molar-refractivity contribution is 0.150. The second kappa shape index (κ2) is 5.69. The molecule has 0 unspecified atom stereocenters. The first-order valence-corrected chi connectivity index (χ1v) is 6.60. The molecular weight excluding hydrogens is 266 g/mol. The summed E-state index contributed by atoms with van der Waals surface area (Å²) < 4.78 is 6.89. The molecule has 0 saturated carbocycles. The van der Waals surface area contributed by atoms with Crippen molar-refractivity contribution >= 4 is 15.9 Å². The molecule has 0 bridgehead atoms. The summed E-state index contributed by atoms with van der Waals surface area (Å²) >= 11 is 3.45. The predicted molar refractivity (Wildman–Crippen MR) is 69.9 cm³/mol. The van der Waals surface area contributed by atoms with Crippen LogP contribution in [0.3, 0.4) is 0 Å². The van der Waals surface area contributed by atoms with E-state index in [0.717, 1.165) is 23.4 Å². The van der Waals surface area contributed by atoms with Crippen LogP contribution in [0.5, 0.6) is 5.75 Å². The molecule has 2 nitrogen and oxygen atoms in total. The molecule has 1 heterocycles. The number of piperidine rings is 1. The SMILES string of the molecule is CN1CCC[C@H](COc2cccc(Br)c2)C1. The highest BCUT2D eigenvalue weighted by Gasteiger charge is 2.17. The predicted octanol–water partition coefficient (Wildman–Crippen LogP) is 3.17. The van der Waals surface area contributed by atoms with Gasteiger partial charge in [0.2, 0.25) is 0 Å². The summed E-state index contributed by atoms with van der Waals surface area (Å²) in [6, 6.07) is 8.05. The number of nitrogens with zero attached hydrogens (tertiary/aromatic N) is 1. The van der Waals surface area contributed by atoms with Crippen LogP contribution in [-0.4, -0.2) is 31.6 Å². The Balaban J connectivity index is 1.82. The van der Waals surface area contributed by atoms with Crippen molar-refractivity contribution in [2.45, 2.75) is 12.8 Å². The Morgan fingerprint density at radius 2 is 2.38 bits per heavy atom. The van der Waals surface area contributed by atoms with Crippen molar-refractivity contribution in [2.75, 3.05) is 26.7 Å². The van der Waals surface area contributed by atoms with Crippen molar-refractivity contribution in [1.29, 1.82) is 0 Å². The van der Waals surface area contributed by atoms with Gasteiger partial charge in [-0.15, -0.1) is 0 Å². The Kier molecular flexibility index (Phi) is 4.24. The number of benzene rings is 1. The van der Waals surface area contributed by atoms with E-state index in [2.05, 4.69) is 27.9 Å². The second-order valence-corrected chi connectivity index (χ2v) is 5.45. The third kappa shape index (κ3) is 3.49. The number of ether oxygens (including phenoxy) is 1. The van der Waals surface area contributed by atoms with E-state index in [0.29, 0.717) is 5.92 Å². The quantitative estimate of drug-likeness (QED) is 0.845. The van der Waals surface area contributed by atoms with Gasteiger partial charge in [0, 0.05) is 16.9 Å². The summed E-state index contributed by atoms with van der Waals surface area (Å²) in [4.78, 5) is 2.39. The molecule has 0 amide bonds. The molecule has 1 atom stereocenters. The first-order valence-electron chi connectivity index (χ1n) is 5.81. The van der Waals surface area contributed by atoms with Gasteiger partial charge in [-0.25, -0.2) is 0 Å². The maximum Gasteiger partial charge on any atom is 0.120 e. The molecule has 1 saturated heterocycles. The standard InChI is InChI=1S/C13H18BrNO/c1-15-7-3-4-11(9-15)10-16-13-6-2-5-12(14)8-13/h2,5-6,8,11H,3-4,7,9-10H2,1H3/t11-/m0/s1. The summed E-state index contributed by atoms with van der Waals surface area (Å²) in [5.41, 5.74) is 0. The Hall–Kier alpha value is -0.540. The highest BCUT2D eigenvalue weighted by molar-refractivity contribution is 9.10. The van der Waals surface area contributed by atoms with Gasteiger partial charge in [0.15, 0.2) is 0 Å². The minimum Gasteiger partial charge on any atom is -0.493 e. The molecule has 0 radical (unpaired) electrons. The molecule has 1 aromatic carbocycles. The summed E-state index contributed by atoms with van der Waals surface area (Å²) in [6.45, 7) is 3.22. The van der Waals surface area contributed by atoms with E-state index in [4.69, 9.17) is 4.74 Å². The second-order valence-electron chi connectivity index (χ2n) is 4.54. The molecule has 2 rings (SSSR count). The smallest absolute Gasteiger partial charge is 0.120 e. The average Bonchev–Trinajstić information content (AvgIpc) is 2.27. The molecule has 1 aliphatic heterocycles. The van der Waals surface area contributed by atoms with Crippen molar-refractivity contribution in [2.24, 2.45) is 5.92 Å². The molecule has 16 heavy (non-hydrogen) atoms. The zero-order valence-electron chi connectivity index (χ0n) is 9.66. The Morgan fingerprint density at radius 3 is 3.12 bits per heavy atom. The molecule has 1 aliphatic rings. The van der Waals surface area contributed by atoms with Crippen molar-refractivity contribution < 1.29 is 4.74 Å². The van der Waals surface area contributed by atoms with Crippen LogP contribution >= 0.6 is 15.9 Å². The Bertz CT molecular complexity index is 342. The van der Waals surface area contributed by atoms with Crippen molar-refractivity contribution in [3.63, 3.8) is 0 Å². The van der Waals surface area contributed by atoms with E-state index in [1.54, 1.807) is 0 Å². The molecule has 0 aromatic heterocycles. The highest BCUT2D eigenvalue weighted by Crippen LogP contribution is 2.20. The topological polar surface area (TPSA) is 12.5 Å². The number of likely N-dealkylation sites (tertiary alicyclic amines) is 1. The van der Waals surface area contributed by atoms with E-state index in [-0.39, 0.29) is 0 Å². The van der Waals surface area contributed by atoms with Crippen LogP contribution in [-0.2, 0) is 0 Å². The minimum absolute atomic E-state index is 0.678. The lowest BCUT2D eigenvalue weighted by Gasteiger charge is -2.29. The van der Waals surface area contributed by atoms with Crippen LogP contribution < -0.4 is 4.74 Å². The van der Waals surface area contributed by atoms with Gasteiger partial charge in [-0.1, -0.05) is 22.0 Å². The van der Waals surface area contributed by atoms with E-state index in [1.807, 2.05) is 24.3 Å². The fourth-order valence-corrected chi connectivity index (χ4v) is 2.56. The zero-order valence-corrected chi connectivity index (χ0v) is 11.2. The minimum atomic E-state index is 0.678. The van der Waals surface area contributed by atoms with Gasteiger partial charge < -0.3 is 9.64 Å². The number of rotatable bonds is 3. The third-order valence-electron chi connectivity index (χ3n) is 3.00. The monoisotopic (exact) mass is 283 g/mol. The molecule has 1 aromatic rings. The van der Waals surface area contributed by atoms with Crippen LogP contribution in [0.4, 0.5) is 0 Å². The normalized spacial score (nSPS) is 22.0. The van der Waals surface area contributed by atoms with E-state index < -0.39 is 0 Å². The molecule has 1 fully saturated rings. The van der Waals surface area contributed by atoms with Gasteiger partial charge in [0.25, 0.3) is 0 Å². The number of hydrogen-bond donors (Lipinski definition) is 0. The van der Waals surface area contributed by atoms with Crippen molar-refractivity contribution in [3.05, 3.63) is 28.7 Å². The van der Waals surface area contributed by atoms with E-state index in [9.17, 15) is 0 Å². The number of halogens is 1. The van der Waals surface area contributed by atoms with Crippen LogP contribution in [0.15, 0.2) is 28.7 Å². The van der Waals surface area contributed by atoms with Gasteiger partial charge in [-0.2, -0.15) is 0 Å². The van der Waals surface area contributed by atoms with Gasteiger partial charge in [-0.3, -0.25) is 0 Å². The summed E-state index contributed by atoms with van der Waals surface area (Å²) in [6.07, 6.45) is 2.58. The summed E-state index contributed by atoms with van der Waals surface area (Å²) in [5, 5.41) is 0. The largest absolute Gasteiger partial charge is 0.493 e. The first-order chi connectivity index (χ1) is 7.74. The van der Waals surface area contributed by atoms with Crippen LogP contribution in [0.25, 0.3) is 0 Å². The van der Waals surface area contributed by atoms with E-state index in [1.165, 1.54) is 19.4 Å². The third-order valence-corrected chi connectivity index (χ3v) is 3.50. The van der Waals surface area contributed by atoms with Crippen LogP contribution in [0, 0.1) is 5.92 Å². The van der Waals surface area contributed by atoms with E-state index >= 15 is 0 Å². The Labute approximate surface area is 106 Å². The molecular formula is C13H18BrNO. The summed E-state index contributed by atoms with van der Waals surface area (Å²) in [5.74, 6) is 1.64. The van der Waals surface area contributed by atoms with Gasteiger partial charge in [0.05, 0.1) is 6.61 Å². The van der Waals surface area contributed by atoms with Crippen molar-refractivity contribution in [1.82, 2.24) is 4.90 Å². The molecule has 0 N–H and O–H groups in total. The lowest BCUT2D eigenvalue weighted by Crippen LogP contribution is -2.34. The Morgan fingerprint density at radius 1 is 1.50 bits per heavy atom. The number of hydrogen-bond acceptors (Lipinski definition) is 2. The first kappa shape index (κ1) is 11.9. The molecule has 0 spiro atoms. The van der Waals surface area contributed by atoms with Gasteiger partial charge >= 0.3 is 0 Å². The fourth-order valence-electron chi connectivity index (χ4n) is 2.18. The van der Waals surface area contributed by atoms with Crippen LogP contribution in [0.2, 0.25) is 0 Å². The molecule has 3 heteroatoms. The fraction of sp³-hybridized carbons (Fsp3) is 0.538. The molecule has 88 valence electrons. The van der Waals surface area contributed by atoms with Gasteiger partial charge in [-0.05, 0) is 44.6 Å². The van der Waals surface area contributed by atoms with Crippen molar-refractivity contribution in [3.8, 4) is 5.75 Å². The maximum atomic E-state index is 5.82. The van der Waals surface area contributed by atoms with Gasteiger partial charge in [0.1, 0.15) is 5.75 Å². The van der Waals surface area contributed by atoms with Crippen LogP contribution in [0.1, 0.15) is 12.8 Å².